The third kappa shape index (κ3) is 3.85. The van der Waals surface area contributed by atoms with E-state index in [1.807, 2.05) is 6.07 Å². The van der Waals surface area contributed by atoms with Crippen LogP contribution >= 0.6 is 23.2 Å². The van der Waals surface area contributed by atoms with Crippen molar-refractivity contribution in [3.63, 3.8) is 0 Å². The molecule has 1 rings (SSSR count). The van der Waals surface area contributed by atoms with Gasteiger partial charge in [-0.25, -0.2) is 0 Å². The van der Waals surface area contributed by atoms with Gasteiger partial charge in [0.1, 0.15) is 5.75 Å². The van der Waals surface area contributed by atoms with Gasteiger partial charge in [-0.05, 0) is 37.1 Å². The Morgan fingerprint density at radius 2 is 2.06 bits per heavy atom. The van der Waals surface area contributed by atoms with Gasteiger partial charge in [0.15, 0.2) is 0 Å². The third-order valence-corrected chi connectivity index (χ3v) is 2.74. The summed E-state index contributed by atoms with van der Waals surface area (Å²) in [5.74, 6) is 0.727. The van der Waals surface area contributed by atoms with Crippen LogP contribution in [0.1, 0.15) is 25.3 Å². The second-order valence-corrected chi connectivity index (χ2v) is 4.46. The molecule has 0 heterocycles. The molecule has 0 fully saturated rings. The molecule has 0 saturated heterocycles. The number of hydrogen-bond donors (Lipinski definition) is 1. The minimum absolute atomic E-state index is 0.556. The summed E-state index contributed by atoms with van der Waals surface area (Å²) in [6.07, 6.45) is 2.83. The molecule has 0 aromatic heterocycles. The van der Waals surface area contributed by atoms with Crippen LogP contribution in [0, 0.1) is 0 Å². The van der Waals surface area contributed by atoms with E-state index in [2.05, 4.69) is 6.92 Å². The van der Waals surface area contributed by atoms with E-state index in [-0.39, 0.29) is 0 Å². The first-order chi connectivity index (χ1) is 7.69. The average molecular weight is 262 g/mol. The zero-order chi connectivity index (χ0) is 12.0. The van der Waals surface area contributed by atoms with E-state index in [9.17, 15) is 0 Å². The fraction of sp³-hybridized carbons (Fsp3) is 0.500. The molecule has 2 N–H and O–H groups in total. The van der Waals surface area contributed by atoms with Crippen molar-refractivity contribution in [2.24, 2.45) is 5.73 Å². The Bertz CT molecular complexity index is 342. The predicted molar refractivity (Wildman–Crippen MR) is 69.6 cm³/mol. The molecule has 0 amide bonds. The lowest BCUT2D eigenvalue weighted by Crippen LogP contribution is -2.06. The van der Waals surface area contributed by atoms with Crippen LogP contribution in [0.4, 0.5) is 0 Å². The summed E-state index contributed by atoms with van der Waals surface area (Å²) < 4.78 is 5.67. The topological polar surface area (TPSA) is 35.2 Å². The highest BCUT2D eigenvalue weighted by Crippen LogP contribution is 2.32. The van der Waals surface area contributed by atoms with Gasteiger partial charge in [0.05, 0.1) is 11.6 Å². The fourth-order valence-electron chi connectivity index (χ4n) is 1.44. The molecule has 1 aromatic rings. The first-order valence-corrected chi connectivity index (χ1v) is 6.25. The lowest BCUT2D eigenvalue weighted by molar-refractivity contribution is 0.306. The van der Waals surface area contributed by atoms with Crippen LogP contribution in [0.25, 0.3) is 0 Å². The Morgan fingerprint density at radius 1 is 1.31 bits per heavy atom. The maximum absolute atomic E-state index is 6.10. The molecule has 0 spiro atoms. The molecule has 0 aliphatic rings. The van der Waals surface area contributed by atoms with Gasteiger partial charge in [-0.3, -0.25) is 0 Å². The first kappa shape index (κ1) is 13.6. The van der Waals surface area contributed by atoms with Gasteiger partial charge in [0.2, 0.25) is 0 Å². The zero-order valence-corrected chi connectivity index (χ0v) is 10.9. The number of rotatable bonds is 6. The Labute approximate surface area is 107 Å². The Kier molecular flexibility index (Phi) is 5.96. The van der Waals surface area contributed by atoms with Crippen molar-refractivity contribution in [3.8, 4) is 5.75 Å². The van der Waals surface area contributed by atoms with Crippen LogP contribution < -0.4 is 10.5 Å². The van der Waals surface area contributed by atoms with Gasteiger partial charge in [-0.1, -0.05) is 36.5 Å². The third-order valence-electron chi connectivity index (χ3n) is 2.24. The van der Waals surface area contributed by atoms with Crippen molar-refractivity contribution < 1.29 is 4.74 Å². The molecule has 0 aliphatic heterocycles. The van der Waals surface area contributed by atoms with Gasteiger partial charge >= 0.3 is 0 Å². The van der Waals surface area contributed by atoms with E-state index in [0.717, 1.165) is 30.6 Å². The van der Waals surface area contributed by atoms with Crippen molar-refractivity contribution >= 4 is 23.2 Å². The minimum Gasteiger partial charge on any atom is -0.492 e. The maximum atomic E-state index is 6.10. The SMILES string of the molecule is CCCCOc1c(Cl)cc(Cl)cc1CCN. The second kappa shape index (κ2) is 7.00. The van der Waals surface area contributed by atoms with Gasteiger partial charge in [0, 0.05) is 5.02 Å². The quantitative estimate of drug-likeness (QED) is 0.794. The van der Waals surface area contributed by atoms with E-state index in [4.69, 9.17) is 33.7 Å². The van der Waals surface area contributed by atoms with Crippen LogP contribution in [0.5, 0.6) is 5.75 Å². The molecule has 1 aromatic carbocycles. The van der Waals surface area contributed by atoms with Gasteiger partial charge in [-0.15, -0.1) is 0 Å². The lowest BCUT2D eigenvalue weighted by atomic mass is 10.1. The average Bonchev–Trinajstić information content (AvgIpc) is 2.22. The second-order valence-electron chi connectivity index (χ2n) is 3.62. The Hall–Kier alpha value is -0.440. The summed E-state index contributed by atoms with van der Waals surface area (Å²) in [5.41, 5.74) is 6.53. The summed E-state index contributed by atoms with van der Waals surface area (Å²) in [7, 11) is 0. The van der Waals surface area contributed by atoms with Gasteiger partial charge in [-0.2, -0.15) is 0 Å². The molecular weight excluding hydrogens is 245 g/mol. The number of benzene rings is 1. The van der Waals surface area contributed by atoms with Crippen LogP contribution in [-0.4, -0.2) is 13.2 Å². The molecule has 0 radical (unpaired) electrons. The molecule has 0 unspecified atom stereocenters. The van der Waals surface area contributed by atoms with E-state index < -0.39 is 0 Å². The highest BCUT2D eigenvalue weighted by Gasteiger charge is 2.09. The number of unbranched alkanes of at least 4 members (excludes halogenated alkanes) is 1. The summed E-state index contributed by atoms with van der Waals surface area (Å²) in [6, 6.07) is 3.56. The minimum atomic E-state index is 0.556. The normalized spacial score (nSPS) is 10.5. The Balaban J connectivity index is 2.85. The predicted octanol–water partition coefficient (Wildman–Crippen LogP) is 3.67. The summed E-state index contributed by atoms with van der Waals surface area (Å²) in [5, 5.41) is 1.18. The van der Waals surface area contributed by atoms with Crippen LogP contribution in [0.15, 0.2) is 12.1 Å². The lowest BCUT2D eigenvalue weighted by Gasteiger charge is -2.13. The van der Waals surface area contributed by atoms with Crippen molar-refractivity contribution in [2.45, 2.75) is 26.2 Å². The fourth-order valence-corrected chi connectivity index (χ4v) is 2.03. The first-order valence-electron chi connectivity index (χ1n) is 5.49. The highest BCUT2D eigenvalue weighted by atomic mass is 35.5. The molecule has 4 heteroatoms. The molecule has 0 aliphatic carbocycles. The summed E-state index contributed by atoms with van der Waals surface area (Å²) in [4.78, 5) is 0. The van der Waals surface area contributed by atoms with Gasteiger partial charge in [0.25, 0.3) is 0 Å². The zero-order valence-electron chi connectivity index (χ0n) is 9.43. The van der Waals surface area contributed by atoms with Crippen LogP contribution in [0.2, 0.25) is 10.0 Å². The monoisotopic (exact) mass is 261 g/mol. The number of ether oxygens (including phenoxy) is 1. The van der Waals surface area contributed by atoms with Crippen molar-refractivity contribution in [2.75, 3.05) is 13.2 Å². The molecule has 2 nitrogen and oxygen atoms in total. The smallest absolute Gasteiger partial charge is 0.141 e. The number of nitrogens with two attached hydrogens (primary N) is 1. The van der Waals surface area contributed by atoms with E-state index >= 15 is 0 Å². The molecule has 16 heavy (non-hydrogen) atoms. The largest absolute Gasteiger partial charge is 0.492 e. The standard InChI is InChI=1S/C12H17Cl2NO/c1-2-3-6-16-12-9(4-5-15)7-10(13)8-11(12)14/h7-8H,2-6,15H2,1H3. The highest BCUT2D eigenvalue weighted by molar-refractivity contribution is 6.35. The number of halogens is 2. The maximum Gasteiger partial charge on any atom is 0.141 e. The van der Waals surface area contributed by atoms with Crippen LogP contribution in [-0.2, 0) is 6.42 Å². The molecule has 90 valence electrons. The van der Waals surface area contributed by atoms with Crippen LogP contribution in [0.3, 0.4) is 0 Å². The summed E-state index contributed by atoms with van der Waals surface area (Å²) in [6.45, 7) is 3.35. The summed E-state index contributed by atoms with van der Waals surface area (Å²) >= 11 is 12.0. The van der Waals surface area contributed by atoms with E-state index in [1.54, 1.807) is 6.07 Å². The molecule has 0 saturated carbocycles. The van der Waals surface area contributed by atoms with Crippen molar-refractivity contribution in [3.05, 3.63) is 27.7 Å². The number of hydrogen-bond acceptors (Lipinski definition) is 2. The van der Waals surface area contributed by atoms with E-state index in [0.29, 0.717) is 23.2 Å². The Morgan fingerprint density at radius 3 is 2.69 bits per heavy atom. The molecular formula is C12H17Cl2NO. The van der Waals surface area contributed by atoms with Gasteiger partial charge < -0.3 is 10.5 Å². The molecule has 0 bridgehead atoms. The molecule has 0 atom stereocenters. The van der Waals surface area contributed by atoms with Crippen molar-refractivity contribution in [1.82, 2.24) is 0 Å². The van der Waals surface area contributed by atoms with Crippen molar-refractivity contribution in [1.29, 1.82) is 0 Å². The van der Waals surface area contributed by atoms with E-state index in [1.165, 1.54) is 0 Å².